The molecule has 1 aliphatic rings. The van der Waals surface area contributed by atoms with Gasteiger partial charge in [-0.15, -0.1) is 0 Å². The van der Waals surface area contributed by atoms with Crippen molar-refractivity contribution in [3.05, 3.63) is 0 Å². The highest BCUT2D eigenvalue weighted by Crippen LogP contribution is 2.24. The molecule has 2 N–H and O–H groups in total. The molecule has 16 heavy (non-hydrogen) atoms. The minimum Gasteiger partial charge on any atom is -0.393 e. The van der Waals surface area contributed by atoms with Crippen LogP contribution in [0.15, 0.2) is 0 Å². The van der Waals surface area contributed by atoms with Gasteiger partial charge in [0.25, 0.3) is 0 Å². The van der Waals surface area contributed by atoms with Crippen molar-refractivity contribution in [2.75, 3.05) is 26.3 Å². The Morgan fingerprint density at radius 1 is 1.25 bits per heavy atom. The third kappa shape index (κ3) is 4.78. The first kappa shape index (κ1) is 13.9. The first-order valence-electron chi connectivity index (χ1n) is 6.39. The number of nitrogens with one attached hydrogen (secondary N) is 1. The first-order valence-corrected chi connectivity index (χ1v) is 6.39. The molecule has 0 radical (unpaired) electrons. The number of hydrogen-bond donors (Lipinski definition) is 2. The van der Waals surface area contributed by atoms with Crippen LogP contribution in [0.1, 0.15) is 33.1 Å². The average molecular weight is 231 g/mol. The molecule has 4 heteroatoms. The predicted molar refractivity (Wildman–Crippen MR) is 63.3 cm³/mol. The Kier molecular flexibility index (Phi) is 6.96. The SMILES string of the molecule is CCOC(CNCC1CCCC1O)OCC. The van der Waals surface area contributed by atoms with E-state index in [2.05, 4.69) is 5.32 Å². The van der Waals surface area contributed by atoms with E-state index in [9.17, 15) is 5.11 Å². The van der Waals surface area contributed by atoms with Gasteiger partial charge in [-0.3, -0.25) is 0 Å². The van der Waals surface area contributed by atoms with Gasteiger partial charge in [0.1, 0.15) is 0 Å². The summed E-state index contributed by atoms with van der Waals surface area (Å²) in [6.07, 6.45) is 2.95. The summed E-state index contributed by atoms with van der Waals surface area (Å²) in [5.74, 6) is 0.406. The van der Waals surface area contributed by atoms with Crippen LogP contribution in [0.2, 0.25) is 0 Å². The van der Waals surface area contributed by atoms with Crippen molar-refractivity contribution in [1.29, 1.82) is 0 Å². The van der Waals surface area contributed by atoms with E-state index >= 15 is 0 Å². The summed E-state index contributed by atoms with van der Waals surface area (Å²) in [4.78, 5) is 0. The molecule has 0 aromatic rings. The van der Waals surface area contributed by atoms with Gasteiger partial charge < -0.3 is 19.9 Å². The van der Waals surface area contributed by atoms with Crippen LogP contribution >= 0.6 is 0 Å². The van der Waals surface area contributed by atoms with E-state index in [0.717, 1.165) is 25.8 Å². The zero-order valence-electron chi connectivity index (χ0n) is 10.4. The van der Waals surface area contributed by atoms with E-state index in [-0.39, 0.29) is 12.4 Å². The Morgan fingerprint density at radius 3 is 2.44 bits per heavy atom. The second-order valence-electron chi connectivity index (χ2n) is 4.26. The number of hydrogen-bond acceptors (Lipinski definition) is 4. The molecular weight excluding hydrogens is 206 g/mol. The largest absolute Gasteiger partial charge is 0.393 e. The molecule has 1 saturated carbocycles. The third-order valence-corrected chi connectivity index (χ3v) is 3.04. The molecule has 0 spiro atoms. The van der Waals surface area contributed by atoms with E-state index < -0.39 is 0 Å². The van der Waals surface area contributed by atoms with Gasteiger partial charge in [-0.2, -0.15) is 0 Å². The molecular formula is C12H25NO3. The van der Waals surface area contributed by atoms with Gasteiger partial charge in [0.15, 0.2) is 6.29 Å². The van der Waals surface area contributed by atoms with Crippen molar-refractivity contribution in [1.82, 2.24) is 5.32 Å². The van der Waals surface area contributed by atoms with Crippen LogP contribution in [0.25, 0.3) is 0 Å². The highest BCUT2D eigenvalue weighted by molar-refractivity contribution is 4.78. The maximum atomic E-state index is 9.66. The third-order valence-electron chi connectivity index (χ3n) is 3.04. The summed E-state index contributed by atoms with van der Waals surface area (Å²) >= 11 is 0. The van der Waals surface area contributed by atoms with E-state index in [4.69, 9.17) is 9.47 Å². The van der Waals surface area contributed by atoms with Gasteiger partial charge in [-0.25, -0.2) is 0 Å². The summed E-state index contributed by atoms with van der Waals surface area (Å²) in [7, 11) is 0. The fourth-order valence-electron chi connectivity index (χ4n) is 2.18. The molecule has 0 bridgehead atoms. The van der Waals surface area contributed by atoms with Crippen molar-refractivity contribution < 1.29 is 14.6 Å². The molecule has 0 heterocycles. The van der Waals surface area contributed by atoms with Crippen LogP contribution < -0.4 is 5.32 Å². The number of rotatable bonds is 8. The number of aliphatic hydroxyl groups excluding tert-OH is 1. The molecule has 1 rings (SSSR count). The normalized spacial score (nSPS) is 25.5. The molecule has 4 nitrogen and oxygen atoms in total. The van der Waals surface area contributed by atoms with E-state index in [1.165, 1.54) is 0 Å². The number of ether oxygens (including phenoxy) is 2. The van der Waals surface area contributed by atoms with E-state index in [1.807, 2.05) is 13.8 Å². The maximum absolute atomic E-state index is 9.66. The van der Waals surface area contributed by atoms with E-state index in [0.29, 0.717) is 25.7 Å². The van der Waals surface area contributed by atoms with Crippen molar-refractivity contribution >= 4 is 0 Å². The van der Waals surface area contributed by atoms with Crippen molar-refractivity contribution in [2.24, 2.45) is 5.92 Å². The maximum Gasteiger partial charge on any atom is 0.169 e. The van der Waals surface area contributed by atoms with Gasteiger partial charge in [0, 0.05) is 26.3 Å². The fraction of sp³-hybridized carbons (Fsp3) is 1.00. The molecule has 96 valence electrons. The zero-order valence-corrected chi connectivity index (χ0v) is 10.4. The molecule has 2 atom stereocenters. The van der Waals surface area contributed by atoms with Crippen LogP contribution in [-0.2, 0) is 9.47 Å². The molecule has 0 aromatic heterocycles. The second-order valence-corrected chi connectivity index (χ2v) is 4.26. The zero-order chi connectivity index (χ0) is 11.8. The Hall–Kier alpha value is -0.160. The highest BCUT2D eigenvalue weighted by atomic mass is 16.7. The van der Waals surface area contributed by atoms with E-state index in [1.54, 1.807) is 0 Å². The molecule has 0 amide bonds. The van der Waals surface area contributed by atoms with Crippen LogP contribution in [0, 0.1) is 5.92 Å². The fourth-order valence-corrected chi connectivity index (χ4v) is 2.18. The lowest BCUT2D eigenvalue weighted by atomic mass is 10.1. The molecule has 0 saturated heterocycles. The Labute approximate surface area is 98.3 Å². The Balaban J connectivity index is 2.11. The topological polar surface area (TPSA) is 50.7 Å². The summed E-state index contributed by atoms with van der Waals surface area (Å²) < 4.78 is 10.9. The second kappa shape index (κ2) is 8.01. The van der Waals surface area contributed by atoms with Gasteiger partial charge in [-0.05, 0) is 32.6 Å². The van der Waals surface area contributed by atoms with Crippen LogP contribution in [-0.4, -0.2) is 43.8 Å². The predicted octanol–water partition coefficient (Wildman–Crippen LogP) is 1.14. The quantitative estimate of drug-likeness (QED) is 0.615. The number of aliphatic hydroxyl groups is 1. The lowest BCUT2D eigenvalue weighted by Crippen LogP contribution is -2.36. The molecule has 0 aromatic carbocycles. The lowest BCUT2D eigenvalue weighted by Gasteiger charge is -2.20. The average Bonchev–Trinajstić information content (AvgIpc) is 2.65. The first-order chi connectivity index (χ1) is 7.77. The van der Waals surface area contributed by atoms with Crippen LogP contribution in [0.3, 0.4) is 0 Å². The van der Waals surface area contributed by atoms with Crippen molar-refractivity contribution in [3.63, 3.8) is 0 Å². The molecule has 0 aliphatic heterocycles. The summed E-state index contributed by atoms with van der Waals surface area (Å²) in [6.45, 7) is 6.82. The minimum atomic E-state index is -0.159. The summed E-state index contributed by atoms with van der Waals surface area (Å²) in [6, 6.07) is 0. The molecule has 1 aliphatic carbocycles. The van der Waals surface area contributed by atoms with Crippen LogP contribution in [0.4, 0.5) is 0 Å². The highest BCUT2D eigenvalue weighted by Gasteiger charge is 2.24. The van der Waals surface area contributed by atoms with Crippen molar-refractivity contribution in [3.8, 4) is 0 Å². The smallest absolute Gasteiger partial charge is 0.169 e. The van der Waals surface area contributed by atoms with Gasteiger partial charge >= 0.3 is 0 Å². The summed E-state index contributed by atoms with van der Waals surface area (Å²) in [5, 5.41) is 13.0. The lowest BCUT2D eigenvalue weighted by molar-refractivity contribution is -0.133. The standard InChI is InChI=1S/C12H25NO3/c1-3-15-12(16-4-2)9-13-8-10-6-5-7-11(10)14/h10-14H,3-9H2,1-2H3. The Bertz CT molecular complexity index is 172. The Morgan fingerprint density at radius 2 is 1.94 bits per heavy atom. The molecule has 1 fully saturated rings. The van der Waals surface area contributed by atoms with Crippen molar-refractivity contribution in [2.45, 2.75) is 45.5 Å². The summed E-state index contributed by atoms with van der Waals surface area (Å²) in [5.41, 5.74) is 0. The molecule has 2 unspecified atom stereocenters. The van der Waals surface area contributed by atoms with Crippen LogP contribution in [0.5, 0.6) is 0 Å². The van der Waals surface area contributed by atoms with Gasteiger partial charge in [0.05, 0.1) is 6.10 Å². The minimum absolute atomic E-state index is 0.120. The van der Waals surface area contributed by atoms with Gasteiger partial charge in [-0.1, -0.05) is 6.42 Å². The van der Waals surface area contributed by atoms with Gasteiger partial charge in [0.2, 0.25) is 0 Å². The monoisotopic (exact) mass is 231 g/mol.